The van der Waals surface area contributed by atoms with Gasteiger partial charge in [0.2, 0.25) is 0 Å². The Morgan fingerprint density at radius 1 is 1.53 bits per heavy atom. The molecule has 1 rings (SSSR count). The Labute approximate surface area is 94.9 Å². The Morgan fingerprint density at radius 3 is 2.73 bits per heavy atom. The van der Waals surface area contributed by atoms with Gasteiger partial charge in [0, 0.05) is 20.6 Å². The smallest absolute Gasteiger partial charge is 0.324 e. The van der Waals surface area contributed by atoms with E-state index in [2.05, 4.69) is 0 Å². The Kier molecular flexibility index (Phi) is 5.12. The SMILES string of the molecule is COCC1OC(C)CC1OP(O)(=S)OC. The molecule has 0 amide bonds. The summed E-state index contributed by atoms with van der Waals surface area (Å²) >= 11 is 4.78. The van der Waals surface area contributed by atoms with E-state index in [9.17, 15) is 4.89 Å². The van der Waals surface area contributed by atoms with Crippen LogP contribution in [-0.2, 0) is 30.3 Å². The second-order valence-electron chi connectivity index (χ2n) is 3.47. The highest BCUT2D eigenvalue weighted by Gasteiger charge is 2.37. The van der Waals surface area contributed by atoms with Crippen LogP contribution in [0.2, 0.25) is 0 Å². The molecule has 1 heterocycles. The molecule has 0 spiro atoms. The van der Waals surface area contributed by atoms with Crippen molar-refractivity contribution in [2.45, 2.75) is 31.7 Å². The van der Waals surface area contributed by atoms with Gasteiger partial charge in [-0.15, -0.1) is 0 Å². The molecule has 0 aromatic carbocycles. The van der Waals surface area contributed by atoms with Gasteiger partial charge in [-0.2, -0.15) is 0 Å². The number of hydrogen-bond acceptors (Lipinski definition) is 5. The number of hydrogen-bond donors (Lipinski definition) is 1. The van der Waals surface area contributed by atoms with Crippen LogP contribution in [0.4, 0.5) is 0 Å². The van der Waals surface area contributed by atoms with Gasteiger partial charge in [0.05, 0.1) is 18.8 Å². The van der Waals surface area contributed by atoms with Crippen LogP contribution in [-0.4, -0.2) is 44.0 Å². The van der Waals surface area contributed by atoms with E-state index < -0.39 is 6.72 Å². The molecule has 15 heavy (non-hydrogen) atoms. The molecule has 0 aromatic heterocycles. The molecule has 1 aliphatic rings. The van der Waals surface area contributed by atoms with Gasteiger partial charge in [0.25, 0.3) is 0 Å². The fourth-order valence-electron chi connectivity index (χ4n) is 1.56. The van der Waals surface area contributed by atoms with Crippen molar-refractivity contribution in [1.29, 1.82) is 0 Å². The highest BCUT2D eigenvalue weighted by Crippen LogP contribution is 2.46. The Balaban J connectivity index is 2.55. The van der Waals surface area contributed by atoms with Gasteiger partial charge in [0.1, 0.15) is 6.10 Å². The predicted octanol–water partition coefficient (Wildman–Crippen LogP) is 1.06. The maximum absolute atomic E-state index is 9.54. The first-order valence-corrected chi connectivity index (χ1v) is 7.29. The van der Waals surface area contributed by atoms with Crippen LogP contribution in [0.3, 0.4) is 0 Å². The maximum Gasteiger partial charge on any atom is 0.324 e. The van der Waals surface area contributed by atoms with Gasteiger partial charge >= 0.3 is 6.72 Å². The maximum atomic E-state index is 9.54. The lowest BCUT2D eigenvalue weighted by Crippen LogP contribution is -2.28. The fraction of sp³-hybridized carbons (Fsp3) is 1.00. The highest BCUT2D eigenvalue weighted by molar-refractivity contribution is 8.07. The van der Waals surface area contributed by atoms with E-state index in [1.807, 2.05) is 6.92 Å². The van der Waals surface area contributed by atoms with Crippen LogP contribution in [0, 0.1) is 0 Å². The molecule has 0 aromatic rings. The molecule has 7 heteroatoms. The van der Waals surface area contributed by atoms with Crippen LogP contribution in [0.1, 0.15) is 13.3 Å². The van der Waals surface area contributed by atoms with Crippen molar-refractivity contribution < 1.29 is 23.4 Å². The van der Waals surface area contributed by atoms with Crippen molar-refractivity contribution in [3.8, 4) is 0 Å². The monoisotopic (exact) mass is 256 g/mol. The molecule has 0 saturated carbocycles. The minimum atomic E-state index is -3.11. The largest absolute Gasteiger partial charge is 0.382 e. The van der Waals surface area contributed by atoms with Crippen molar-refractivity contribution in [3.05, 3.63) is 0 Å². The van der Waals surface area contributed by atoms with Gasteiger partial charge in [-0.05, 0) is 18.7 Å². The first kappa shape index (κ1) is 13.5. The van der Waals surface area contributed by atoms with Crippen LogP contribution >= 0.6 is 6.72 Å². The molecule has 5 nitrogen and oxygen atoms in total. The van der Waals surface area contributed by atoms with Gasteiger partial charge in [-0.1, -0.05) is 0 Å². The van der Waals surface area contributed by atoms with Crippen LogP contribution < -0.4 is 0 Å². The van der Waals surface area contributed by atoms with Crippen molar-refractivity contribution >= 4 is 18.5 Å². The van der Waals surface area contributed by atoms with E-state index >= 15 is 0 Å². The average Bonchev–Trinajstić information content (AvgIpc) is 2.47. The molecule has 1 fully saturated rings. The lowest BCUT2D eigenvalue weighted by molar-refractivity contribution is -0.0259. The molecule has 4 atom stereocenters. The summed E-state index contributed by atoms with van der Waals surface area (Å²) in [4.78, 5) is 9.54. The zero-order chi connectivity index (χ0) is 11.5. The van der Waals surface area contributed by atoms with Crippen LogP contribution in [0.25, 0.3) is 0 Å². The third kappa shape index (κ3) is 4.07. The number of ether oxygens (including phenoxy) is 2. The molecule has 1 aliphatic heterocycles. The summed E-state index contributed by atoms with van der Waals surface area (Å²) in [6.45, 7) is -0.744. The van der Waals surface area contributed by atoms with Crippen molar-refractivity contribution in [2.24, 2.45) is 0 Å². The zero-order valence-electron chi connectivity index (χ0n) is 9.08. The molecule has 0 radical (unpaired) electrons. The van der Waals surface area contributed by atoms with Crippen molar-refractivity contribution in [3.63, 3.8) is 0 Å². The summed E-state index contributed by atoms with van der Waals surface area (Å²) in [5.74, 6) is 0. The normalized spacial score (nSPS) is 35.3. The quantitative estimate of drug-likeness (QED) is 0.742. The molecule has 0 bridgehead atoms. The van der Waals surface area contributed by atoms with E-state index in [1.54, 1.807) is 7.11 Å². The van der Waals surface area contributed by atoms with E-state index in [-0.39, 0.29) is 18.3 Å². The first-order valence-electron chi connectivity index (χ1n) is 4.70. The summed E-state index contributed by atoms with van der Waals surface area (Å²) in [5, 5.41) is 0. The molecule has 0 aliphatic carbocycles. The molecular weight excluding hydrogens is 239 g/mol. The lowest BCUT2D eigenvalue weighted by Gasteiger charge is -2.22. The number of rotatable bonds is 5. The second kappa shape index (κ2) is 5.68. The average molecular weight is 256 g/mol. The summed E-state index contributed by atoms with van der Waals surface area (Å²) in [5.41, 5.74) is 0. The third-order valence-electron chi connectivity index (χ3n) is 2.22. The Hall–Kier alpha value is 0.450. The standard InChI is InChI=1S/C8H17O5PS/c1-6-4-7(8(12-6)5-10-2)13-14(9,15)11-3/h6-8H,4-5H2,1-3H3,(H,9,15). The van der Waals surface area contributed by atoms with Gasteiger partial charge in [-0.3, -0.25) is 0 Å². The van der Waals surface area contributed by atoms with E-state index in [0.717, 1.165) is 0 Å². The van der Waals surface area contributed by atoms with E-state index in [0.29, 0.717) is 13.0 Å². The predicted molar refractivity (Wildman–Crippen MR) is 59.2 cm³/mol. The zero-order valence-corrected chi connectivity index (χ0v) is 10.8. The Morgan fingerprint density at radius 2 is 2.20 bits per heavy atom. The minimum absolute atomic E-state index is 0.0852. The van der Waals surface area contributed by atoms with Gasteiger partial charge < -0.3 is 23.4 Å². The van der Waals surface area contributed by atoms with Crippen LogP contribution in [0.5, 0.6) is 0 Å². The summed E-state index contributed by atoms with van der Waals surface area (Å²) in [7, 11) is 2.93. The second-order valence-corrected chi connectivity index (χ2v) is 6.37. The highest BCUT2D eigenvalue weighted by atomic mass is 32.5. The molecule has 4 unspecified atom stereocenters. The lowest BCUT2D eigenvalue weighted by atomic mass is 10.1. The summed E-state index contributed by atoms with van der Waals surface area (Å²) < 4.78 is 20.6. The molecular formula is C8H17O5PS. The molecule has 1 saturated heterocycles. The van der Waals surface area contributed by atoms with E-state index in [4.69, 9.17) is 30.3 Å². The third-order valence-corrected chi connectivity index (χ3v) is 3.92. The number of methoxy groups -OCH3 is 1. The first-order chi connectivity index (χ1) is 6.98. The Bertz CT molecular complexity index is 249. The summed E-state index contributed by atoms with van der Waals surface area (Å²) in [6.07, 6.45) is 0.337. The topological polar surface area (TPSA) is 57.2 Å². The fourth-order valence-corrected chi connectivity index (χ4v) is 2.54. The van der Waals surface area contributed by atoms with Crippen molar-refractivity contribution in [1.82, 2.24) is 0 Å². The van der Waals surface area contributed by atoms with E-state index in [1.165, 1.54) is 7.11 Å². The van der Waals surface area contributed by atoms with Crippen LogP contribution in [0.15, 0.2) is 0 Å². The molecule has 1 N–H and O–H groups in total. The van der Waals surface area contributed by atoms with Crippen molar-refractivity contribution in [2.75, 3.05) is 20.8 Å². The van der Waals surface area contributed by atoms with Gasteiger partial charge in [0.15, 0.2) is 0 Å². The summed E-state index contributed by atoms with van der Waals surface area (Å²) in [6, 6.07) is 0. The van der Waals surface area contributed by atoms with Gasteiger partial charge in [-0.25, -0.2) is 0 Å². The molecule has 90 valence electrons. The minimum Gasteiger partial charge on any atom is -0.382 e.